The van der Waals surface area contributed by atoms with E-state index in [9.17, 15) is 23.5 Å². The van der Waals surface area contributed by atoms with Crippen LogP contribution >= 0.6 is 0 Å². The highest BCUT2D eigenvalue weighted by Crippen LogP contribution is 2.40. The normalized spacial score (nSPS) is 12.3. The van der Waals surface area contributed by atoms with Crippen LogP contribution in [-0.2, 0) is 16.1 Å². The van der Waals surface area contributed by atoms with Gasteiger partial charge in [-0.05, 0) is 47.4 Å². The number of hydrogen-bond acceptors (Lipinski definition) is 4. The molecule has 190 valence electrons. The minimum Gasteiger partial charge on any atom is -0.495 e. The average Bonchev–Trinajstić information content (AvgIpc) is 2.87. The number of ether oxygens (including phenoxy) is 1. The van der Waals surface area contributed by atoms with Crippen molar-refractivity contribution in [3.63, 3.8) is 0 Å². The number of anilines is 2. The van der Waals surface area contributed by atoms with Gasteiger partial charge in [0.05, 0.1) is 25.3 Å². The summed E-state index contributed by atoms with van der Waals surface area (Å²) < 4.78 is 29.5. The van der Waals surface area contributed by atoms with Crippen LogP contribution in [0.3, 0.4) is 0 Å². The van der Waals surface area contributed by atoms with Gasteiger partial charge in [-0.2, -0.15) is 0 Å². The molecule has 4 N–H and O–H groups in total. The minimum absolute atomic E-state index is 0.255. The maximum absolute atomic E-state index is 12.6. The molecule has 10 heteroatoms. The lowest BCUT2D eigenvalue weighted by atomic mass is 10.0. The third kappa shape index (κ3) is 6.83. The lowest BCUT2D eigenvalue weighted by Crippen LogP contribution is -2.32. The molecule has 3 aromatic carbocycles. The van der Waals surface area contributed by atoms with Gasteiger partial charge in [-0.25, -0.2) is 9.00 Å². The van der Waals surface area contributed by atoms with Crippen molar-refractivity contribution in [3.8, 4) is 16.9 Å². The number of nitrogens with zero attached hydrogens (tertiary/aromatic N) is 1. The van der Waals surface area contributed by atoms with Gasteiger partial charge in [0.2, 0.25) is 0 Å². The second-order valence-corrected chi connectivity index (χ2v) is 8.78. The van der Waals surface area contributed by atoms with Crippen LogP contribution in [0.5, 0.6) is 5.75 Å². The van der Waals surface area contributed by atoms with Gasteiger partial charge in [-0.3, -0.25) is 13.7 Å². The number of carbonyl (C=O) groups is 2. The van der Waals surface area contributed by atoms with Crippen molar-refractivity contribution >= 4 is 34.6 Å². The number of nitrogens with one attached hydrogen (secondary N) is 2. The first-order valence-electron chi connectivity index (χ1n) is 11.3. The fraction of sp³-hybridized carbons (Fsp3) is 0.231. The number of amides is 2. The summed E-state index contributed by atoms with van der Waals surface area (Å²) >= 11 is -2.57. The Hall–Kier alpha value is -3.89. The number of hydrogen-bond donors (Lipinski definition) is 4. The smallest absolute Gasteiger partial charge is 0.319 e. The third-order valence-electron chi connectivity index (χ3n) is 5.41. The molecule has 2 amide bonds. The van der Waals surface area contributed by atoms with Gasteiger partial charge in [0.15, 0.2) is 0 Å². The number of benzene rings is 3. The van der Waals surface area contributed by atoms with Crippen LogP contribution in [0.1, 0.15) is 31.4 Å². The maximum Gasteiger partial charge on any atom is 0.319 e. The average molecular weight is 512 g/mol. The van der Waals surface area contributed by atoms with Crippen molar-refractivity contribution in [1.29, 1.82) is 0 Å². The molecule has 3 aromatic rings. The van der Waals surface area contributed by atoms with E-state index in [1.54, 1.807) is 66.7 Å². The van der Waals surface area contributed by atoms with E-state index >= 15 is 0 Å². The SMILES string of the molecule is CCCNC(=O)Nc1cccc(-c2ccc(OC)c(N(C(CC(=O)O)c3ccccc3)S(=O)O)c2)c1. The van der Waals surface area contributed by atoms with Crippen LogP contribution in [0.2, 0.25) is 0 Å². The molecular formula is C26H29N3O6S. The van der Waals surface area contributed by atoms with Crippen LogP contribution in [0.15, 0.2) is 72.8 Å². The molecule has 36 heavy (non-hydrogen) atoms. The second-order valence-electron chi connectivity index (χ2n) is 7.93. The van der Waals surface area contributed by atoms with Crippen molar-refractivity contribution < 1.29 is 28.2 Å². The molecule has 0 saturated carbocycles. The quantitative estimate of drug-likeness (QED) is 0.267. The van der Waals surface area contributed by atoms with E-state index in [-0.39, 0.29) is 11.7 Å². The number of rotatable bonds is 11. The summed E-state index contributed by atoms with van der Waals surface area (Å²) in [5, 5.41) is 15.1. The van der Waals surface area contributed by atoms with Gasteiger partial charge in [0, 0.05) is 12.2 Å². The van der Waals surface area contributed by atoms with Gasteiger partial charge in [-0.15, -0.1) is 0 Å². The van der Waals surface area contributed by atoms with Gasteiger partial charge in [0.25, 0.3) is 11.3 Å². The summed E-state index contributed by atoms with van der Waals surface area (Å²) in [5.74, 6) is -0.810. The highest BCUT2D eigenvalue weighted by Gasteiger charge is 2.30. The topological polar surface area (TPSA) is 128 Å². The van der Waals surface area contributed by atoms with E-state index in [1.165, 1.54) is 7.11 Å². The zero-order valence-corrected chi connectivity index (χ0v) is 20.8. The van der Waals surface area contributed by atoms with Crippen LogP contribution < -0.4 is 19.7 Å². The predicted molar refractivity (Wildman–Crippen MR) is 140 cm³/mol. The zero-order valence-electron chi connectivity index (χ0n) is 20.0. The van der Waals surface area contributed by atoms with Gasteiger partial charge >= 0.3 is 12.0 Å². The first-order chi connectivity index (χ1) is 17.3. The fourth-order valence-electron chi connectivity index (χ4n) is 3.77. The van der Waals surface area contributed by atoms with Gasteiger partial charge in [0.1, 0.15) is 5.75 Å². The number of aliphatic carboxylic acids is 1. The van der Waals surface area contributed by atoms with Crippen molar-refractivity contribution in [1.82, 2.24) is 5.32 Å². The predicted octanol–water partition coefficient (Wildman–Crippen LogP) is 5.05. The van der Waals surface area contributed by atoms with E-state index in [1.807, 2.05) is 13.0 Å². The van der Waals surface area contributed by atoms with Crippen molar-refractivity contribution in [2.24, 2.45) is 0 Å². The summed E-state index contributed by atoms with van der Waals surface area (Å²) in [6.45, 7) is 2.52. The molecule has 3 rings (SSSR count). The number of carboxylic acid groups (broad SMARTS) is 1. The fourth-order valence-corrected chi connectivity index (χ4v) is 4.49. The number of urea groups is 1. The van der Waals surface area contributed by atoms with Crippen LogP contribution in [-0.4, -0.2) is 39.5 Å². The maximum atomic E-state index is 12.6. The summed E-state index contributed by atoms with van der Waals surface area (Å²) in [4.78, 5) is 23.8. The molecule has 0 aliphatic heterocycles. The highest BCUT2D eigenvalue weighted by atomic mass is 32.2. The number of methoxy groups -OCH3 is 1. The molecule has 0 spiro atoms. The third-order valence-corrected chi connectivity index (χ3v) is 6.20. The van der Waals surface area contributed by atoms with E-state index in [0.717, 1.165) is 16.3 Å². The van der Waals surface area contributed by atoms with Gasteiger partial charge < -0.3 is 20.5 Å². The largest absolute Gasteiger partial charge is 0.495 e. The molecule has 9 nitrogen and oxygen atoms in total. The Labute approximate surface area is 212 Å². The summed E-state index contributed by atoms with van der Waals surface area (Å²) in [5.41, 5.74) is 2.82. The van der Waals surface area contributed by atoms with Crippen molar-refractivity contribution in [2.45, 2.75) is 25.8 Å². The molecule has 0 saturated heterocycles. The second kappa shape index (κ2) is 12.7. The molecule has 0 aromatic heterocycles. The Morgan fingerprint density at radius 2 is 1.75 bits per heavy atom. The van der Waals surface area contributed by atoms with Crippen LogP contribution in [0.25, 0.3) is 11.1 Å². The standard InChI is InChI=1S/C26H29N3O6S/c1-3-14-27-26(32)28-21-11-7-10-19(15-21)20-12-13-24(35-2)23(16-20)29(36(33)34)22(17-25(30)31)18-8-5-4-6-9-18/h4-13,15-16,22H,3,14,17H2,1-2H3,(H,30,31)(H,33,34)(H2,27,28,32). The Morgan fingerprint density at radius 1 is 1.03 bits per heavy atom. The monoisotopic (exact) mass is 511 g/mol. The van der Waals surface area contributed by atoms with Crippen LogP contribution in [0, 0.1) is 0 Å². The zero-order chi connectivity index (χ0) is 26.1. The van der Waals surface area contributed by atoms with E-state index in [0.29, 0.717) is 29.1 Å². The molecule has 0 aliphatic rings. The van der Waals surface area contributed by atoms with E-state index in [4.69, 9.17) is 4.74 Å². The number of carboxylic acids is 1. The molecule has 2 unspecified atom stereocenters. The molecule has 2 atom stereocenters. The Balaban J connectivity index is 2.05. The molecular weight excluding hydrogens is 482 g/mol. The van der Waals surface area contributed by atoms with Crippen LogP contribution in [0.4, 0.5) is 16.2 Å². The highest BCUT2D eigenvalue weighted by molar-refractivity contribution is 7.80. The Kier molecular flexibility index (Phi) is 9.43. The summed E-state index contributed by atoms with van der Waals surface area (Å²) in [6, 6.07) is 19.7. The first kappa shape index (κ1) is 26.7. The summed E-state index contributed by atoms with van der Waals surface area (Å²) in [7, 11) is 1.44. The minimum atomic E-state index is -2.57. The Bertz CT molecular complexity index is 1220. The molecule has 0 bridgehead atoms. The molecule has 0 fully saturated rings. The van der Waals surface area contributed by atoms with E-state index < -0.39 is 29.7 Å². The molecule has 0 aliphatic carbocycles. The van der Waals surface area contributed by atoms with Crippen molar-refractivity contribution in [2.75, 3.05) is 23.3 Å². The molecule has 0 radical (unpaired) electrons. The lowest BCUT2D eigenvalue weighted by molar-refractivity contribution is -0.137. The first-order valence-corrected chi connectivity index (χ1v) is 12.4. The van der Waals surface area contributed by atoms with Crippen molar-refractivity contribution in [3.05, 3.63) is 78.4 Å². The lowest BCUT2D eigenvalue weighted by Gasteiger charge is -2.30. The van der Waals surface area contributed by atoms with Gasteiger partial charge in [-0.1, -0.05) is 55.5 Å². The summed E-state index contributed by atoms with van der Waals surface area (Å²) in [6.07, 6.45) is 0.409. The number of carbonyl (C=O) groups excluding carboxylic acids is 1. The molecule has 0 heterocycles. The Morgan fingerprint density at radius 3 is 2.39 bits per heavy atom. The van der Waals surface area contributed by atoms with E-state index in [2.05, 4.69) is 10.6 Å².